The smallest absolute Gasteiger partial charge is 0.269 e. The maximum atomic E-state index is 14.8. The van der Waals surface area contributed by atoms with Gasteiger partial charge < -0.3 is 20.8 Å². The molecule has 1 saturated carbocycles. The highest BCUT2D eigenvalue weighted by atomic mass is 32.1. The number of nitrogens with zero attached hydrogens (tertiary/aromatic N) is 2. The summed E-state index contributed by atoms with van der Waals surface area (Å²) in [6, 6.07) is 9.53. The van der Waals surface area contributed by atoms with E-state index < -0.39 is 17.4 Å². The summed E-state index contributed by atoms with van der Waals surface area (Å²) >= 11 is 1.36. The molecule has 210 valence electrons. The number of hydrogen-bond donors (Lipinski definition) is 4. The average Bonchev–Trinajstić information content (AvgIpc) is 3.58. The molecule has 3 aromatic rings. The van der Waals surface area contributed by atoms with E-state index in [2.05, 4.69) is 57.5 Å². The highest BCUT2D eigenvalue weighted by Gasteiger charge is 2.41. The maximum absolute atomic E-state index is 14.8. The van der Waals surface area contributed by atoms with E-state index in [1.165, 1.54) is 47.0 Å². The molecule has 3 aliphatic rings. The summed E-state index contributed by atoms with van der Waals surface area (Å²) in [6.07, 6.45) is 10.4. The van der Waals surface area contributed by atoms with Crippen LogP contribution in [0.2, 0.25) is 0 Å². The molecule has 0 bridgehead atoms. The lowest BCUT2D eigenvalue weighted by atomic mass is 9.92. The zero-order chi connectivity index (χ0) is 28.6. The van der Waals surface area contributed by atoms with Gasteiger partial charge in [0.05, 0.1) is 22.2 Å². The van der Waals surface area contributed by atoms with Crippen molar-refractivity contribution in [3.8, 4) is 11.5 Å². The Balaban J connectivity index is 1.16. The van der Waals surface area contributed by atoms with E-state index in [0.717, 1.165) is 35.1 Å². The van der Waals surface area contributed by atoms with Crippen LogP contribution < -0.4 is 26.2 Å². The van der Waals surface area contributed by atoms with Crippen LogP contribution >= 0.6 is 11.3 Å². The van der Waals surface area contributed by atoms with Gasteiger partial charge in [0.25, 0.3) is 5.91 Å². The van der Waals surface area contributed by atoms with E-state index in [1.54, 1.807) is 12.1 Å². The number of halogens is 1. The second kappa shape index (κ2) is 10.9. The van der Waals surface area contributed by atoms with E-state index >= 15 is 0 Å². The molecular weight excluding hydrogens is 543 g/mol. The zero-order valence-corrected chi connectivity index (χ0v) is 23.4. The van der Waals surface area contributed by atoms with E-state index in [0.29, 0.717) is 16.6 Å². The number of nitrogens with one attached hydrogen (secondary N) is 4. The highest BCUT2D eigenvalue weighted by Crippen LogP contribution is 2.35. The lowest BCUT2D eigenvalue weighted by Gasteiger charge is -2.26. The molecule has 0 radical (unpaired) electrons. The van der Waals surface area contributed by atoms with Crippen molar-refractivity contribution < 1.29 is 18.7 Å². The summed E-state index contributed by atoms with van der Waals surface area (Å²) < 4.78 is 21.7. The lowest BCUT2D eigenvalue weighted by Crippen LogP contribution is -2.54. The fourth-order valence-electron chi connectivity index (χ4n) is 4.59. The molecule has 4 N–H and O–H groups in total. The van der Waals surface area contributed by atoms with Gasteiger partial charge in [-0.3, -0.25) is 9.59 Å². The number of amides is 2. The minimum Gasteiger partial charge on any atom is -0.457 e. The molecule has 1 aliphatic heterocycles. The fourth-order valence-corrected chi connectivity index (χ4v) is 5.49. The summed E-state index contributed by atoms with van der Waals surface area (Å²) in [5.41, 5.74) is 8.51. The van der Waals surface area contributed by atoms with Crippen LogP contribution in [0.25, 0.3) is 10.2 Å². The van der Waals surface area contributed by atoms with Crippen LogP contribution in [0.15, 0.2) is 76.3 Å². The van der Waals surface area contributed by atoms with Crippen molar-refractivity contribution in [1.29, 1.82) is 0 Å². The number of thiazole rings is 1. The number of hydrazine groups is 1. The highest BCUT2D eigenvalue weighted by molar-refractivity contribution is 7.22. The third kappa shape index (κ3) is 5.91. The Hall–Kier alpha value is -4.35. The zero-order valence-electron chi connectivity index (χ0n) is 22.6. The largest absolute Gasteiger partial charge is 0.457 e. The molecular formula is C30H29FN6O3S. The first-order chi connectivity index (χ1) is 19.8. The Labute approximate surface area is 240 Å². The summed E-state index contributed by atoms with van der Waals surface area (Å²) in [4.78, 5) is 34.4. The van der Waals surface area contributed by atoms with Gasteiger partial charge in [0, 0.05) is 24.5 Å². The summed E-state index contributed by atoms with van der Waals surface area (Å²) in [6.45, 7) is 4.13. The van der Waals surface area contributed by atoms with Crippen LogP contribution in [-0.4, -0.2) is 28.8 Å². The summed E-state index contributed by atoms with van der Waals surface area (Å²) in [5, 5.41) is 6.10. The fraction of sp³-hybridized carbons (Fsp3) is 0.267. The number of fused-ring (bicyclic) bond motifs is 1. The molecule has 6 rings (SSSR count). The minimum atomic E-state index is -1.34. The Kier molecular flexibility index (Phi) is 7.14. The molecule has 41 heavy (non-hydrogen) atoms. The predicted molar refractivity (Wildman–Crippen MR) is 158 cm³/mol. The van der Waals surface area contributed by atoms with Gasteiger partial charge in [0.15, 0.2) is 5.13 Å². The van der Waals surface area contributed by atoms with Crippen molar-refractivity contribution in [2.24, 2.45) is 10.9 Å². The predicted octanol–water partition coefficient (Wildman–Crippen LogP) is 5.96. The van der Waals surface area contributed by atoms with Crippen LogP contribution in [0, 0.1) is 11.7 Å². The number of anilines is 2. The van der Waals surface area contributed by atoms with Gasteiger partial charge >= 0.3 is 0 Å². The number of carbonyl (C=O) groups is 2. The van der Waals surface area contributed by atoms with Crippen LogP contribution in [0.1, 0.15) is 39.5 Å². The van der Waals surface area contributed by atoms with Gasteiger partial charge in [-0.05, 0) is 68.5 Å². The van der Waals surface area contributed by atoms with Crippen LogP contribution in [-0.2, 0) is 9.59 Å². The van der Waals surface area contributed by atoms with Crippen molar-refractivity contribution >= 4 is 50.5 Å². The van der Waals surface area contributed by atoms with Gasteiger partial charge in [-0.25, -0.2) is 19.8 Å². The molecule has 9 nitrogen and oxygen atoms in total. The average molecular weight is 573 g/mol. The first-order valence-corrected chi connectivity index (χ1v) is 14.2. The van der Waals surface area contributed by atoms with Gasteiger partial charge in [0.1, 0.15) is 17.3 Å². The molecule has 1 unspecified atom stereocenters. The third-order valence-corrected chi connectivity index (χ3v) is 8.08. The first kappa shape index (κ1) is 26.9. The molecule has 0 spiro atoms. The second-order valence-electron chi connectivity index (χ2n) is 10.5. The Bertz CT molecular complexity index is 1670. The molecule has 1 atom stereocenters. The normalized spacial score (nSPS) is 19.6. The SMILES string of the molecule is CC(C)=C1C=CC(CC2(C(=O)Nc3cc(Oc4ccc5nc(NC(=O)C6CC6)sc5c4)ccc3F)N=CNN2)=CC1. The van der Waals surface area contributed by atoms with Gasteiger partial charge in [-0.2, -0.15) is 0 Å². The van der Waals surface area contributed by atoms with Gasteiger partial charge in [-0.1, -0.05) is 35.1 Å². The summed E-state index contributed by atoms with van der Waals surface area (Å²) in [5.74, 6) is -0.163. The molecule has 2 aliphatic carbocycles. The number of rotatable bonds is 8. The maximum Gasteiger partial charge on any atom is 0.269 e. The Morgan fingerprint density at radius 2 is 1.93 bits per heavy atom. The number of aromatic nitrogens is 1. The van der Waals surface area contributed by atoms with Gasteiger partial charge in [0.2, 0.25) is 11.6 Å². The van der Waals surface area contributed by atoms with Crippen molar-refractivity contribution in [1.82, 2.24) is 15.8 Å². The quantitative estimate of drug-likeness (QED) is 0.265. The van der Waals surface area contributed by atoms with Crippen molar-refractivity contribution in [2.45, 2.75) is 45.2 Å². The van der Waals surface area contributed by atoms with E-state index in [1.807, 2.05) is 12.1 Å². The molecule has 0 saturated heterocycles. The van der Waals surface area contributed by atoms with Crippen LogP contribution in [0.5, 0.6) is 11.5 Å². The number of aliphatic imine (C=N–C) groups is 1. The number of carbonyl (C=O) groups excluding carboxylic acids is 2. The van der Waals surface area contributed by atoms with Crippen LogP contribution in [0.4, 0.5) is 15.2 Å². The number of benzene rings is 2. The number of allylic oxidation sites excluding steroid dienone is 5. The van der Waals surface area contributed by atoms with Crippen molar-refractivity contribution in [2.75, 3.05) is 10.6 Å². The molecule has 1 aromatic heterocycles. The van der Waals surface area contributed by atoms with E-state index in [-0.39, 0.29) is 23.9 Å². The van der Waals surface area contributed by atoms with Gasteiger partial charge in [-0.15, -0.1) is 0 Å². The molecule has 1 fully saturated rings. The number of hydrogen-bond acceptors (Lipinski definition) is 8. The number of ether oxygens (including phenoxy) is 1. The monoisotopic (exact) mass is 572 g/mol. The topological polar surface area (TPSA) is 117 Å². The van der Waals surface area contributed by atoms with Crippen molar-refractivity contribution in [3.63, 3.8) is 0 Å². The van der Waals surface area contributed by atoms with E-state index in [9.17, 15) is 14.0 Å². The Morgan fingerprint density at radius 1 is 1.12 bits per heavy atom. The minimum absolute atomic E-state index is 0.00211. The molecule has 2 aromatic carbocycles. The summed E-state index contributed by atoms with van der Waals surface area (Å²) in [7, 11) is 0. The molecule has 11 heteroatoms. The molecule has 2 heterocycles. The second-order valence-corrected chi connectivity index (χ2v) is 11.5. The first-order valence-electron chi connectivity index (χ1n) is 13.4. The third-order valence-electron chi connectivity index (χ3n) is 7.15. The van der Waals surface area contributed by atoms with E-state index in [4.69, 9.17) is 4.74 Å². The standard InChI is InChI=1S/C30H29FN6O3S/c1-17(2)19-5-3-18(4-6-19)15-30(32-16-33-37-30)28(39)34-25-13-21(9-11-23(25)31)40-22-10-12-24-26(14-22)41-29(35-24)36-27(38)20-7-8-20/h3-5,9-14,16,20,37H,6-8,15H2,1-2H3,(H,32,33)(H,34,39)(H,35,36,38). The Morgan fingerprint density at radius 3 is 2.63 bits per heavy atom. The van der Waals surface area contributed by atoms with Crippen LogP contribution in [0.3, 0.4) is 0 Å². The molecule has 2 amide bonds. The lowest BCUT2D eigenvalue weighted by molar-refractivity contribution is -0.122. The van der Waals surface area contributed by atoms with Crippen molar-refractivity contribution in [3.05, 3.63) is 77.2 Å².